The number of aromatic carboxylic acids is 2. The predicted octanol–water partition coefficient (Wildman–Crippen LogP) is 2.21. The van der Waals surface area contributed by atoms with E-state index in [1.807, 2.05) is 36.4 Å². The Morgan fingerprint density at radius 3 is 1.36 bits per heavy atom. The van der Waals surface area contributed by atoms with E-state index in [2.05, 4.69) is 11.7 Å². The molecule has 6 nitrogen and oxygen atoms in total. The number of carbonyl (C=O) groups is 2. The zero-order valence-corrected chi connectivity index (χ0v) is 11.5. The van der Waals surface area contributed by atoms with E-state index in [4.69, 9.17) is 10.2 Å². The van der Waals surface area contributed by atoms with E-state index in [-0.39, 0.29) is 11.1 Å². The molecule has 0 amide bonds. The monoisotopic (exact) mass is 298 g/mol. The number of hydrogen-bond acceptors (Lipinski definition) is 4. The van der Waals surface area contributed by atoms with Crippen LogP contribution in [-0.2, 0) is 0 Å². The van der Waals surface area contributed by atoms with Crippen LogP contribution < -0.4 is 11.7 Å². The Hall–Kier alpha value is -2.96. The molecule has 6 N–H and O–H groups in total. The molecule has 0 saturated heterocycles. The van der Waals surface area contributed by atoms with Crippen LogP contribution in [0.15, 0.2) is 48.5 Å². The zero-order chi connectivity index (χ0) is 16.3. The Morgan fingerprint density at radius 2 is 1.05 bits per heavy atom. The van der Waals surface area contributed by atoms with Crippen LogP contribution in [-0.4, -0.2) is 22.2 Å². The van der Waals surface area contributed by atoms with Crippen molar-refractivity contribution in [2.45, 2.75) is 0 Å². The fourth-order valence-electron chi connectivity index (χ4n) is 2.35. The summed E-state index contributed by atoms with van der Waals surface area (Å²) in [6.07, 6.45) is 0. The average Bonchev–Trinajstić information content (AvgIpc) is 2.53. The fourth-order valence-corrected chi connectivity index (χ4v) is 2.35. The van der Waals surface area contributed by atoms with Gasteiger partial charge in [-0.15, -0.1) is 0 Å². The molecule has 0 atom stereocenters. The quantitative estimate of drug-likeness (QED) is 0.326. The van der Waals surface area contributed by atoms with E-state index in [1.165, 1.54) is 12.1 Å². The first kappa shape index (κ1) is 15.4. The van der Waals surface area contributed by atoms with Gasteiger partial charge < -0.3 is 10.2 Å². The Balaban J connectivity index is 0.000000847. The van der Waals surface area contributed by atoms with Gasteiger partial charge >= 0.3 is 11.9 Å². The lowest BCUT2D eigenvalue weighted by molar-refractivity contribution is 0.0652. The van der Waals surface area contributed by atoms with Gasteiger partial charge in [0.25, 0.3) is 0 Å². The first-order valence-electron chi connectivity index (χ1n) is 6.33. The van der Waals surface area contributed by atoms with Gasteiger partial charge in [0.1, 0.15) is 0 Å². The van der Waals surface area contributed by atoms with E-state index in [0.717, 1.165) is 10.8 Å². The van der Waals surface area contributed by atoms with Gasteiger partial charge in [-0.2, -0.15) is 0 Å². The molecule has 0 fully saturated rings. The van der Waals surface area contributed by atoms with Gasteiger partial charge in [0.05, 0.1) is 11.1 Å². The van der Waals surface area contributed by atoms with Crippen molar-refractivity contribution in [3.63, 3.8) is 0 Å². The van der Waals surface area contributed by atoms with Gasteiger partial charge in [-0.05, 0) is 45.8 Å². The molecule has 0 unspecified atom stereocenters. The molecule has 0 radical (unpaired) electrons. The van der Waals surface area contributed by atoms with Gasteiger partial charge in [-0.3, -0.25) is 11.7 Å². The summed E-state index contributed by atoms with van der Waals surface area (Å²) in [5.41, 5.74) is -0.388. The Kier molecular flexibility index (Phi) is 4.36. The van der Waals surface area contributed by atoms with Crippen molar-refractivity contribution in [2.75, 3.05) is 0 Å². The van der Waals surface area contributed by atoms with Crippen molar-refractivity contribution in [3.05, 3.63) is 59.7 Å². The first-order valence-corrected chi connectivity index (χ1v) is 6.33. The van der Waals surface area contributed by atoms with Gasteiger partial charge in [0.2, 0.25) is 0 Å². The summed E-state index contributed by atoms with van der Waals surface area (Å²) in [4.78, 5) is 22.3. The second kappa shape index (κ2) is 6.21. The third-order valence-electron chi connectivity index (χ3n) is 3.30. The van der Waals surface area contributed by atoms with Crippen molar-refractivity contribution >= 4 is 33.5 Å². The maximum Gasteiger partial charge on any atom is 0.336 e. The molecular formula is C16H14N2O4. The summed E-state index contributed by atoms with van der Waals surface area (Å²) in [6, 6.07) is 14.2. The highest BCUT2D eigenvalue weighted by Crippen LogP contribution is 2.26. The molecule has 3 rings (SSSR count). The molecular weight excluding hydrogens is 284 g/mol. The summed E-state index contributed by atoms with van der Waals surface area (Å²) in [5.74, 6) is 5.52. The molecule has 6 heteroatoms. The van der Waals surface area contributed by atoms with E-state index in [9.17, 15) is 9.59 Å². The van der Waals surface area contributed by atoms with Crippen LogP contribution in [0.25, 0.3) is 21.5 Å². The number of hydrazine groups is 1. The zero-order valence-electron chi connectivity index (χ0n) is 11.5. The number of benzene rings is 3. The smallest absolute Gasteiger partial charge is 0.336 e. The van der Waals surface area contributed by atoms with E-state index >= 15 is 0 Å². The lowest BCUT2D eigenvalue weighted by atomic mass is 9.98. The average molecular weight is 298 g/mol. The third kappa shape index (κ3) is 2.73. The number of rotatable bonds is 2. The minimum absolute atomic E-state index is 0.194. The normalized spacial score (nSPS) is 10.1. The predicted molar refractivity (Wildman–Crippen MR) is 83.7 cm³/mol. The Morgan fingerprint density at radius 1 is 0.682 bits per heavy atom. The van der Waals surface area contributed by atoms with Crippen LogP contribution in [0.5, 0.6) is 0 Å². The van der Waals surface area contributed by atoms with Crippen molar-refractivity contribution in [1.29, 1.82) is 0 Å². The van der Waals surface area contributed by atoms with Crippen molar-refractivity contribution in [1.82, 2.24) is 0 Å². The fraction of sp³-hybridized carbons (Fsp3) is 0. The van der Waals surface area contributed by atoms with Gasteiger partial charge in [0.15, 0.2) is 0 Å². The molecule has 3 aromatic carbocycles. The minimum atomic E-state index is -1.24. The molecule has 0 aliphatic rings. The molecule has 0 spiro atoms. The highest BCUT2D eigenvalue weighted by molar-refractivity contribution is 6.08. The largest absolute Gasteiger partial charge is 0.478 e. The molecule has 0 heterocycles. The molecule has 0 aliphatic carbocycles. The number of nitrogens with two attached hydrogens (primary N) is 2. The van der Waals surface area contributed by atoms with Crippen LogP contribution in [0.1, 0.15) is 20.7 Å². The molecule has 0 bridgehead atoms. The standard InChI is InChI=1S/C16H10O4.H4N2/c17-15(18)13-7-11-5-9-3-1-2-4-10(9)6-12(11)8-14(13)16(19)20;1-2/h1-8H,(H,17,18)(H,19,20);1-2H2. The van der Waals surface area contributed by atoms with Crippen LogP contribution in [0.3, 0.4) is 0 Å². The molecule has 3 aromatic rings. The van der Waals surface area contributed by atoms with E-state index in [0.29, 0.717) is 10.8 Å². The van der Waals surface area contributed by atoms with Gasteiger partial charge in [-0.1, -0.05) is 24.3 Å². The SMILES string of the molecule is NN.O=C(O)c1cc2cc3ccccc3cc2cc1C(=O)O. The van der Waals surface area contributed by atoms with Crippen molar-refractivity contribution in [3.8, 4) is 0 Å². The molecule has 0 saturated carbocycles. The summed E-state index contributed by atoms with van der Waals surface area (Å²) >= 11 is 0. The maximum atomic E-state index is 11.2. The number of hydrogen-bond donors (Lipinski definition) is 4. The summed E-state index contributed by atoms with van der Waals surface area (Å²) in [5, 5.41) is 21.6. The first-order chi connectivity index (χ1) is 10.6. The number of carboxylic acid groups (broad SMARTS) is 2. The topological polar surface area (TPSA) is 127 Å². The second-order valence-corrected chi connectivity index (χ2v) is 4.55. The molecule has 0 aliphatic heterocycles. The van der Waals surface area contributed by atoms with E-state index < -0.39 is 11.9 Å². The number of carboxylic acids is 2. The van der Waals surface area contributed by atoms with Crippen molar-refractivity contribution in [2.24, 2.45) is 11.7 Å². The van der Waals surface area contributed by atoms with Crippen LogP contribution in [0.2, 0.25) is 0 Å². The second-order valence-electron chi connectivity index (χ2n) is 4.55. The Labute approximate surface area is 125 Å². The lowest BCUT2D eigenvalue weighted by Crippen LogP contribution is -2.07. The molecule has 112 valence electrons. The van der Waals surface area contributed by atoms with Crippen LogP contribution in [0.4, 0.5) is 0 Å². The van der Waals surface area contributed by atoms with Crippen molar-refractivity contribution < 1.29 is 19.8 Å². The van der Waals surface area contributed by atoms with Crippen LogP contribution in [0, 0.1) is 0 Å². The molecule has 0 aromatic heterocycles. The summed E-state index contributed by atoms with van der Waals surface area (Å²) in [6.45, 7) is 0. The number of fused-ring (bicyclic) bond motifs is 2. The lowest BCUT2D eigenvalue weighted by Gasteiger charge is -2.07. The summed E-state index contributed by atoms with van der Waals surface area (Å²) < 4.78 is 0. The summed E-state index contributed by atoms with van der Waals surface area (Å²) in [7, 11) is 0. The highest BCUT2D eigenvalue weighted by atomic mass is 16.4. The minimum Gasteiger partial charge on any atom is -0.478 e. The van der Waals surface area contributed by atoms with Gasteiger partial charge in [0, 0.05) is 0 Å². The maximum absolute atomic E-state index is 11.2. The van der Waals surface area contributed by atoms with Gasteiger partial charge in [-0.25, -0.2) is 9.59 Å². The van der Waals surface area contributed by atoms with Crippen LogP contribution >= 0.6 is 0 Å². The Bertz CT molecular complexity index is 803. The third-order valence-corrected chi connectivity index (χ3v) is 3.30. The highest BCUT2D eigenvalue weighted by Gasteiger charge is 2.17. The molecule has 22 heavy (non-hydrogen) atoms. The van der Waals surface area contributed by atoms with E-state index in [1.54, 1.807) is 0 Å².